The van der Waals surface area contributed by atoms with E-state index in [2.05, 4.69) is 0 Å². The van der Waals surface area contributed by atoms with Gasteiger partial charge in [0.15, 0.2) is 0 Å². The predicted molar refractivity (Wildman–Crippen MR) is 29.7 cm³/mol. The summed E-state index contributed by atoms with van der Waals surface area (Å²) < 4.78 is 25.0. The summed E-state index contributed by atoms with van der Waals surface area (Å²) in [6, 6.07) is 0. The van der Waals surface area contributed by atoms with Gasteiger partial charge in [0, 0.05) is 7.11 Å². The third-order valence-corrected chi connectivity index (χ3v) is 4.13. The second-order valence-corrected chi connectivity index (χ2v) is 4.54. The van der Waals surface area contributed by atoms with E-state index in [0.717, 1.165) is 0 Å². The lowest BCUT2D eigenvalue weighted by molar-refractivity contribution is -0.445. The lowest BCUT2D eigenvalue weighted by Gasteiger charge is -2.45. The average Bonchev–Trinajstić information content (AvgIpc) is 2.42. The summed E-state index contributed by atoms with van der Waals surface area (Å²) in [5, 5.41) is 9.61. The van der Waals surface area contributed by atoms with Gasteiger partial charge in [-0.1, -0.05) is 0 Å². The molecule has 4 aliphatic rings. The SMILES string of the molecule is COC12O[Si]3(OCC1(O)O3)O2. The predicted octanol–water partition coefficient (Wildman–Crippen LogP) is -1.48. The summed E-state index contributed by atoms with van der Waals surface area (Å²) in [7, 11) is -1.50. The number of hydrogen-bond acceptors (Lipinski definition) is 6. The molecule has 0 aromatic carbocycles. The van der Waals surface area contributed by atoms with Gasteiger partial charge in [0.1, 0.15) is 6.61 Å². The molecular formula is C4H6O6Si. The van der Waals surface area contributed by atoms with Crippen LogP contribution in [-0.2, 0) is 22.4 Å². The third-order valence-electron chi connectivity index (χ3n) is 2.00. The molecule has 11 heavy (non-hydrogen) atoms. The highest BCUT2D eigenvalue weighted by molar-refractivity contribution is 6.57. The van der Waals surface area contributed by atoms with Crippen molar-refractivity contribution in [1.29, 1.82) is 0 Å². The van der Waals surface area contributed by atoms with Gasteiger partial charge in [0.2, 0.25) is 0 Å². The molecule has 0 saturated carbocycles. The van der Waals surface area contributed by atoms with E-state index in [1.54, 1.807) is 0 Å². The molecule has 0 aliphatic carbocycles. The van der Waals surface area contributed by atoms with Gasteiger partial charge in [-0.25, -0.2) is 0 Å². The molecule has 0 amide bonds. The van der Waals surface area contributed by atoms with Gasteiger partial charge in [-0.3, -0.25) is 8.85 Å². The number of aliphatic hydroxyl groups is 1. The van der Waals surface area contributed by atoms with E-state index in [4.69, 9.17) is 22.4 Å². The molecule has 4 aliphatic heterocycles. The van der Waals surface area contributed by atoms with Crippen LogP contribution < -0.4 is 0 Å². The van der Waals surface area contributed by atoms with Gasteiger partial charge in [-0.15, -0.1) is 0 Å². The minimum atomic E-state index is -2.88. The van der Waals surface area contributed by atoms with Crippen molar-refractivity contribution in [1.82, 2.24) is 0 Å². The van der Waals surface area contributed by atoms with E-state index in [0.29, 0.717) is 0 Å². The second-order valence-electron chi connectivity index (χ2n) is 2.64. The number of methoxy groups -OCH3 is 1. The molecule has 1 spiro atoms. The highest BCUT2D eigenvalue weighted by atomic mass is 28.4. The Morgan fingerprint density at radius 1 is 1.45 bits per heavy atom. The van der Waals surface area contributed by atoms with Crippen molar-refractivity contribution in [3.05, 3.63) is 0 Å². The minimum absolute atomic E-state index is 0.0626. The van der Waals surface area contributed by atoms with Crippen LogP contribution in [0.3, 0.4) is 0 Å². The molecule has 4 saturated heterocycles. The molecular weight excluding hydrogens is 172 g/mol. The zero-order valence-corrected chi connectivity index (χ0v) is 6.70. The lowest BCUT2D eigenvalue weighted by atomic mass is 10.2. The molecule has 4 fully saturated rings. The van der Waals surface area contributed by atoms with Gasteiger partial charge >= 0.3 is 15.0 Å². The van der Waals surface area contributed by atoms with Crippen LogP contribution in [0.5, 0.6) is 0 Å². The first kappa shape index (κ1) is 6.49. The van der Waals surface area contributed by atoms with Gasteiger partial charge in [0.25, 0.3) is 5.79 Å². The first-order valence-corrected chi connectivity index (χ1v) is 4.79. The zero-order valence-electron chi connectivity index (χ0n) is 5.70. The van der Waals surface area contributed by atoms with Crippen LogP contribution in [-0.4, -0.2) is 39.6 Å². The summed E-state index contributed by atoms with van der Waals surface area (Å²) in [5.41, 5.74) is 0. The Morgan fingerprint density at radius 2 is 2.18 bits per heavy atom. The summed E-state index contributed by atoms with van der Waals surface area (Å²) in [6.45, 7) is 0.0626. The highest BCUT2D eigenvalue weighted by Gasteiger charge is 2.91. The van der Waals surface area contributed by atoms with Crippen molar-refractivity contribution in [3.8, 4) is 0 Å². The maximum absolute atomic E-state index is 9.61. The number of rotatable bonds is 1. The Balaban J connectivity index is 2.06. The van der Waals surface area contributed by atoms with Crippen LogP contribution in [0.25, 0.3) is 0 Å². The Bertz CT molecular complexity index is 225. The molecule has 0 aromatic rings. The molecule has 6 nitrogen and oxygen atoms in total. The fourth-order valence-electron chi connectivity index (χ4n) is 1.44. The van der Waals surface area contributed by atoms with E-state index in [1.165, 1.54) is 7.11 Å². The first-order chi connectivity index (χ1) is 5.14. The molecule has 1 atom stereocenters. The van der Waals surface area contributed by atoms with E-state index >= 15 is 0 Å². The molecule has 62 valence electrons. The maximum Gasteiger partial charge on any atom is 0.690 e. The molecule has 7 heteroatoms. The first-order valence-electron chi connectivity index (χ1n) is 3.16. The monoisotopic (exact) mass is 178 g/mol. The van der Waals surface area contributed by atoms with Crippen LogP contribution in [0.1, 0.15) is 0 Å². The lowest BCUT2D eigenvalue weighted by Crippen LogP contribution is -2.71. The van der Waals surface area contributed by atoms with Crippen LogP contribution in [0.4, 0.5) is 0 Å². The quantitative estimate of drug-likeness (QED) is 0.494. The highest BCUT2D eigenvalue weighted by Crippen LogP contribution is 2.58. The molecule has 0 radical (unpaired) electrons. The summed E-state index contributed by atoms with van der Waals surface area (Å²) in [5.74, 6) is -2.95. The molecule has 1 unspecified atom stereocenters. The Morgan fingerprint density at radius 3 is 2.45 bits per heavy atom. The normalized spacial score (nSPS) is 64.9. The van der Waals surface area contributed by atoms with Crippen LogP contribution in [0.15, 0.2) is 0 Å². The van der Waals surface area contributed by atoms with Gasteiger partial charge in [-0.05, 0) is 0 Å². The number of ether oxygens (including phenoxy) is 1. The fourth-order valence-corrected chi connectivity index (χ4v) is 3.83. The van der Waals surface area contributed by atoms with Crippen molar-refractivity contribution < 1.29 is 27.5 Å². The fraction of sp³-hybridized carbons (Fsp3) is 1.00. The van der Waals surface area contributed by atoms with E-state index in [-0.39, 0.29) is 6.61 Å². The topological polar surface area (TPSA) is 66.4 Å². The van der Waals surface area contributed by atoms with Gasteiger partial charge in [0.05, 0.1) is 0 Å². The smallest absolute Gasteiger partial charge is 0.358 e. The molecule has 3 bridgehead atoms. The van der Waals surface area contributed by atoms with Crippen molar-refractivity contribution in [2.75, 3.05) is 13.7 Å². The van der Waals surface area contributed by atoms with Crippen molar-refractivity contribution in [2.24, 2.45) is 0 Å². The summed E-state index contributed by atoms with van der Waals surface area (Å²) in [4.78, 5) is 0. The van der Waals surface area contributed by atoms with Crippen LogP contribution in [0, 0.1) is 0 Å². The van der Waals surface area contributed by atoms with Crippen molar-refractivity contribution >= 4 is 9.05 Å². The minimum Gasteiger partial charge on any atom is -0.358 e. The Labute approximate surface area is 63.1 Å². The number of hydrogen-bond donors (Lipinski definition) is 1. The van der Waals surface area contributed by atoms with Crippen molar-refractivity contribution in [3.63, 3.8) is 0 Å². The zero-order chi connectivity index (χ0) is 7.74. The molecule has 0 aromatic heterocycles. The third kappa shape index (κ3) is 0.464. The van der Waals surface area contributed by atoms with Gasteiger partial charge in [-0.2, -0.15) is 0 Å². The largest absolute Gasteiger partial charge is 0.690 e. The molecule has 4 rings (SSSR count). The summed E-state index contributed by atoms with van der Waals surface area (Å²) in [6.07, 6.45) is 0. The Kier molecular flexibility index (Phi) is 0.825. The molecule has 4 heterocycles. The van der Waals surface area contributed by atoms with Crippen LogP contribution >= 0.6 is 0 Å². The average molecular weight is 178 g/mol. The maximum atomic E-state index is 9.61. The second kappa shape index (κ2) is 1.40. The van der Waals surface area contributed by atoms with E-state index in [1.807, 2.05) is 0 Å². The Hall–Kier alpha value is -0.0231. The molecule has 1 N–H and O–H groups in total. The van der Waals surface area contributed by atoms with Crippen LogP contribution in [0.2, 0.25) is 0 Å². The van der Waals surface area contributed by atoms with E-state index < -0.39 is 20.8 Å². The summed E-state index contributed by atoms with van der Waals surface area (Å²) >= 11 is 0. The van der Waals surface area contributed by atoms with Gasteiger partial charge < -0.3 is 18.7 Å². The van der Waals surface area contributed by atoms with Crippen molar-refractivity contribution in [2.45, 2.75) is 11.8 Å². The van der Waals surface area contributed by atoms with E-state index in [9.17, 15) is 5.11 Å². The standard InChI is InChI=1S/C4H6O6Si/c1-6-4-3(5)2-7-11(8-3,9-4)10-4/h5H,2H2,1H3.